The van der Waals surface area contributed by atoms with Gasteiger partial charge in [0, 0.05) is 52.2 Å². The molecule has 6 nitrogen and oxygen atoms in total. The van der Waals surface area contributed by atoms with Crippen LogP contribution in [0.15, 0.2) is 0 Å². The second-order valence-corrected chi connectivity index (χ2v) is 12.4. The van der Waals surface area contributed by atoms with E-state index >= 15 is 0 Å². The Bertz CT molecular complexity index is 679. The first-order valence-electron chi connectivity index (χ1n) is 14.2. The molecular formula is C28H46N2O4. The third-order valence-corrected chi connectivity index (χ3v) is 9.62. The molecule has 0 N–H and O–H groups in total. The van der Waals surface area contributed by atoms with E-state index in [1.165, 1.54) is 32.1 Å². The van der Waals surface area contributed by atoms with E-state index in [0.717, 1.165) is 71.5 Å². The zero-order chi connectivity index (χ0) is 23.8. The van der Waals surface area contributed by atoms with E-state index in [9.17, 15) is 9.59 Å². The highest BCUT2D eigenvalue weighted by Gasteiger charge is 2.58. The first-order chi connectivity index (χ1) is 16.4. The smallest absolute Gasteiger partial charge is 0.223 e. The van der Waals surface area contributed by atoms with Gasteiger partial charge in [-0.25, -0.2) is 0 Å². The van der Waals surface area contributed by atoms with Crippen LogP contribution in [0.1, 0.15) is 90.9 Å². The Balaban J connectivity index is 1.24. The monoisotopic (exact) mass is 474 g/mol. The van der Waals surface area contributed by atoms with Crippen molar-refractivity contribution in [3.05, 3.63) is 0 Å². The summed E-state index contributed by atoms with van der Waals surface area (Å²) in [5.74, 6) is 2.08. The van der Waals surface area contributed by atoms with E-state index in [4.69, 9.17) is 9.47 Å². The molecule has 2 aliphatic heterocycles. The summed E-state index contributed by atoms with van der Waals surface area (Å²) in [6.07, 6.45) is 13.2. The van der Waals surface area contributed by atoms with Crippen LogP contribution < -0.4 is 0 Å². The summed E-state index contributed by atoms with van der Waals surface area (Å²) in [6, 6.07) is 0. The maximum absolute atomic E-state index is 13.5. The van der Waals surface area contributed by atoms with Gasteiger partial charge in [-0.2, -0.15) is 0 Å². The highest BCUT2D eigenvalue weighted by atomic mass is 16.5. The number of piperidine rings is 2. The number of likely N-dealkylation sites (tertiary alicyclic amines) is 2. The van der Waals surface area contributed by atoms with Crippen LogP contribution in [0.25, 0.3) is 0 Å². The van der Waals surface area contributed by atoms with Crippen LogP contribution in [-0.2, 0) is 19.1 Å². The highest BCUT2D eigenvalue weighted by Crippen LogP contribution is 2.67. The summed E-state index contributed by atoms with van der Waals surface area (Å²) in [4.78, 5) is 31.1. The van der Waals surface area contributed by atoms with Crippen molar-refractivity contribution in [2.45, 2.75) is 103 Å². The van der Waals surface area contributed by atoms with Crippen LogP contribution in [0, 0.1) is 22.7 Å². The number of rotatable bonds is 8. The van der Waals surface area contributed by atoms with Crippen LogP contribution in [-0.4, -0.2) is 73.2 Å². The minimum Gasteiger partial charge on any atom is -0.377 e. The Morgan fingerprint density at radius 3 is 1.62 bits per heavy atom. The molecule has 6 fully saturated rings. The molecule has 2 atom stereocenters. The average Bonchev–Trinajstić information content (AvgIpc) is 2.78. The number of ether oxygens (including phenoxy) is 2. The van der Waals surface area contributed by atoms with Crippen molar-refractivity contribution in [3.63, 3.8) is 0 Å². The molecule has 0 spiro atoms. The lowest BCUT2D eigenvalue weighted by Crippen LogP contribution is -2.55. The fourth-order valence-corrected chi connectivity index (χ4v) is 9.00. The lowest BCUT2D eigenvalue weighted by Gasteiger charge is -2.62. The first-order valence-corrected chi connectivity index (χ1v) is 14.2. The van der Waals surface area contributed by atoms with Gasteiger partial charge >= 0.3 is 0 Å². The van der Waals surface area contributed by atoms with Crippen LogP contribution in [0.3, 0.4) is 0 Å². The minimum atomic E-state index is 0.121. The molecule has 0 radical (unpaired) electrons. The van der Waals surface area contributed by atoms with Crippen LogP contribution in [0.2, 0.25) is 0 Å². The van der Waals surface area contributed by atoms with Gasteiger partial charge in [0.15, 0.2) is 0 Å². The number of carbonyl (C=O) groups is 2. The number of carbonyl (C=O) groups excluding carboxylic acids is 2. The minimum absolute atomic E-state index is 0.121. The number of hydrogen-bond donors (Lipinski definition) is 0. The molecule has 6 aliphatic rings. The van der Waals surface area contributed by atoms with Crippen LogP contribution in [0.5, 0.6) is 0 Å². The molecule has 2 amide bonds. The summed E-state index contributed by atoms with van der Waals surface area (Å²) in [6.45, 7) is 8.80. The van der Waals surface area contributed by atoms with Crippen molar-refractivity contribution in [2.24, 2.45) is 22.7 Å². The maximum atomic E-state index is 13.5. The zero-order valence-electron chi connectivity index (χ0n) is 21.6. The Morgan fingerprint density at radius 2 is 1.21 bits per heavy atom. The van der Waals surface area contributed by atoms with Gasteiger partial charge < -0.3 is 19.3 Å². The van der Waals surface area contributed by atoms with Gasteiger partial charge in [-0.15, -0.1) is 0 Å². The standard InChI is InChI=1S/C28H46N2O4/c1-3-33-23-7-5-9-29(18-23)25(31)16-27-12-21-11-22(13-27)15-28(14-21,20-27)17-26(32)30-10-6-8-24(19-30)34-4-2/h21-24H,3-20H2,1-2H3. The van der Waals surface area contributed by atoms with E-state index in [1.54, 1.807) is 0 Å². The molecular weight excluding hydrogens is 428 g/mol. The molecule has 34 heavy (non-hydrogen) atoms. The van der Waals surface area contributed by atoms with Crippen molar-refractivity contribution in [1.82, 2.24) is 9.80 Å². The molecule has 4 bridgehead atoms. The van der Waals surface area contributed by atoms with Gasteiger partial charge in [-0.1, -0.05) is 0 Å². The SMILES string of the molecule is CCOC1CCCN(C(=O)CC23CC4CC(C2)CC(CC(=O)N2CCCC(OCC)C2)(C4)C3)C1. The number of amides is 2. The lowest BCUT2D eigenvalue weighted by molar-refractivity contribution is -0.158. The highest BCUT2D eigenvalue weighted by molar-refractivity contribution is 5.78. The van der Waals surface area contributed by atoms with Crippen molar-refractivity contribution in [3.8, 4) is 0 Å². The first kappa shape index (κ1) is 24.5. The van der Waals surface area contributed by atoms with Gasteiger partial charge in [0.1, 0.15) is 0 Å². The summed E-state index contributed by atoms with van der Waals surface area (Å²) in [5, 5.41) is 0. The zero-order valence-corrected chi connectivity index (χ0v) is 21.6. The maximum Gasteiger partial charge on any atom is 0.223 e. The van der Waals surface area contributed by atoms with Crippen LogP contribution >= 0.6 is 0 Å². The molecule has 2 saturated heterocycles. The van der Waals surface area contributed by atoms with Gasteiger partial charge in [0.25, 0.3) is 0 Å². The fourth-order valence-electron chi connectivity index (χ4n) is 9.00. The molecule has 4 aliphatic carbocycles. The Kier molecular flexibility index (Phi) is 7.28. The number of nitrogens with zero attached hydrogens (tertiary/aromatic N) is 2. The third-order valence-electron chi connectivity index (χ3n) is 9.62. The van der Waals surface area contributed by atoms with Gasteiger partial charge in [-0.3, -0.25) is 9.59 Å². The molecule has 6 heteroatoms. The summed E-state index contributed by atoms with van der Waals surface area (Å²) < 4.78 is 11.7. The van der Waals surface area contributed by atoms with Gasteiger partial charge in [-0.05, 0) is 101 Å². The summed E-state index contributed by atoms with van der Waals surface area (Å²) in [7, 11) is 0. The molecule has 0 aromatic rings. The summed E-state index contributed by atoms with van der Waals surface area (Å²) in [5.41, 5.74) is 0.242. The Morgan fingerprint density at radius 1 is 0.765 bits per heavy atom. The molecule has 0 aromatic carbocycles. The quantitative estimate of drug-likeness (QED) is 0.523. The van der Waals surface area contributed by atoms with E-state index < -0.39 is 0 Å². The topological polar surface area (TPSA) is 59.1 Å². The van der Waals surface area contributed by atoms with Crippen molar-refractivity contribution >= 4 is 11.8 Å². The normalized spacial score (nSPS) is 39.5. The van der Waals surface area contributed by atoms with Crippen LogP contribution in [0.4, 0.5) is 0 Å². The van der Waals surface area contributed by atoms with E-state index in [2.05, 4.69) is 9.80 Å². The number of hydrogen-bond acceptors (Lipinski definition) is 4. The third kappa shape index (κ3) is 5.18. The summed E-state index contributed by atoms with van der Waals surface area (Å²) >= 11 is 0. The predicted octanol–water partition coefficient (Wildman–Crippen LogP) is 4.41. The van der Waals surface area contributed by atoms with Crippen molar-refractivity contribution in [1.29, 1.82) is 0 Å². The Hall–Kier alpha value is -1.14. The van der Waals surface area contributed by atoms with Gasteiger partial charge in [0.2, 0.25) is 11.8 Å². The Labute approximate surface area is 206 Å². The molecule has 6 rings (SSSR count). The van der Waals surface area contributed by atoms with Gasteiger partial charge in [0.05, 0.1) is 12.2 Å². The second-order valence-electron chi connectivity index (χ2n) is 12.4. The predicted molar refractivity (Wildman–Crippen MR) is 131 cm³/mol. The largest absolute Gasteiger partial charge is 0.377 e. The van der Waals surface area contributed by atoms with E-state index in [0.29, 0.717) is 36.5 Å². The molecule has 0 aromatic heterocycles. The molecule has 192 valence electrons. The van der Waals surface area contributed by atoms with Crippen molar-refractivity contribution < 1.29 is 19.1 Å². The van der Waals surface area contributed by atoms with E-state index in [-0.39, 0.29) is 23.0 Å². The molecule has 2 unspecified atom stereocenters. The van der Waals surface area contributed by atoms with E-state index in [1.807, 2.05) is 13.8 Å². The molecule has 4 saturated carbocycles. The molecule has 2 heterocycles. The fraction of sp³-hybridized carbons (Fsp3) is 0.929. The van der Waals surface area contributed by atoms with Crippen molar-refractivity contribution in [2.75, 3.05) is 39.4 Å². The lowest BCUT2D eigenvalue weighted by atomic mass is 9.43. The average molecular weight is 475 g/mol. The second kappa shape index (κ2) is 10.1.